The molecule has 1 N–H and O–H groups in total. The van der Waals surface area contributed by atoms with Crippen LogP contribution in [0, 0.1) is 5.92 Å². The number of hydrogen-bond acceptors (Lipinski definition) is 4. The number of carbonyl (C=O) groups excluding carboxylic acids is 2. The molecule has 0 aliphatic carbocycles. The molecule has 142 valence electrons. The predicted octanol–water partition coefficient (Wildman–Crippen LogP) is 1.21. The summed E-state index contributed by atoms with van der Waals surface area (Å²) < 4.78 is 12.1. The lowest BCUT2D eigenvalue weighted by Gasteiger charge is -2.32. The molecule has 1 aliphatic heterocycles. The van der Waals surface area contributed by atoms with Crippen molar-refractivity contribution in [2.24, 2.45) is 5.92 Å². The lowest BCUT2D eigenvalue weighted by Crippen LogP contribution is -2.47. The van der Waals surface area contributed by atoms with Crippen LogP contribution in [0.2, 0.25) is 0 Å². The minimum atomic E-state index is -1.27. The summed E-state index contributed by atoms with van der Waals surface area (Å²) in [6, 6.07) is 6.68. The quantitative estimate of drug-likeness (QED) is 0.800. The van der Waals surface area contributed by atoms with Crippen molar-refractivity contribution in [3.63, 3.8) is 0 Å². The summed E-state index contributed by atoms with van der Waals surface area (Å²) in [5.74, 6) is -1.70. The zero-order chi connectivity index (χ0) is 19.3. The molecule has 2 unspecified atom stereocenters. The predicted molar refractivity (Wildman–Crippen MR) is 97.3 cm³/mol. The van der Waals surface area contributed by atoms with Gasteiger partial charge in [-0.25, -0.2) is 0 Å². The highest BCUT2D eigenvalue weighted by Gasteiger charge is 2.29. The Morgan fingerprint density at radius 3 is 2.65 bits per heavy atom. The number of piperidine rings is 1. The van der Waals surface area contributed by atoms with Gasteiger partial charge in [-0.15, -0.1) is 0 Å². The van der Waals surface area contributed by atoms with E-state index in [-0.39, 0.29) is 24.9 Å². The number of amides is 2. The van der Waals surface area contributed by atoms with Crippen molar-refractivity contribution in [1.29, 1.82) is 0 Å². The molecule has 1 saturated heterocycles. The Morgan fingerprint density at radius 2 is 2.00 bits per heavy atom. The summed E-state index contributed by atoms with van der Waals surface area (Å²) in [6.45, 7) is 2.31. The van der Waals surface area contributed by atoms with Crippen molar-refractivity contribution in [3.8, 4) is 0 Å². The highest BCUT2D eigenvalue weighted by molar-refractivity contribution is 7.85. The number of carbonyl (C=O) groups is 3. The second-order valence-electron chi connectivity index (χ2n) is 6.31. The third kappa shape index (κ3) is 4.69. The van der Waals surface area contributed by atoms with Crippen LogP contribution in [0.25, 0.3) is 0 Å². The minimum Gasteiger partial charge on any atom is -0.481 e. The topological polar surface area (TPSA) is 95.0 Å². The number of hydrogen-bond donors (Lipinski definition) is 1. The fourth-order valence-electron chi connectivity index (χ4n) is 2.98. The highest BCUT2D eigenvalue weighted by Crippen LogP contribution is 2.18. The number of likely N-dealkylation sites (N-methyl/N-ethyl adjacent to an activating group) is 1. The molecule has 0 radical (unpaired) electrons. The third-order valence-corrected chi connectivity index (χ3v) is 5.84. The maximum atomic E-state index is 12.7. The summed E-state index contributed by atoms with van der Waals surface area (Å²) in [6.07, 6.45) is 1.20. The normalized spacial score (nSPS) is 18.2. The van der Waals surface area contributed by atoms with E-state index in [1.807, 2.05) is 0 Å². The highest BCUT2D eigenvalue weighted by atomic mass is 32.2. The van der Waals surface area contributed by atoms with E-state index in [2.05, 4.69) is 0 Å². The second-order valence-corrected chi connectivity index (χ2v) is 8.02. The van der Waals surface area contributed by atoms with Crippen molar-refractivity contribution in [3.05, 3.63) is 29.8 Å². The molecule has 8 heteroatoms. The number of likely N-dealkylation sites (tertiary alicyclic amines) is 1. The van der Waals surface area contributed by atoms with Gasteiger partial charge in [0.2, 0.25) is 5.91 Å². The van der Waals surface area contributed by atoms with Crippen LogP contribution in [0.5, 0.6) is 0 Å². The number of aliphatic carboxylic acids is 1. The first-order valence-corrected chi connectivity index (χ1v) is 9.90. The zero-order valence-corrected chi connectivity index (χ0v) is 15.8. The molecule has 2 atom stereocenters. The van der Waals surface area contributed by atoms with Crippen LogP contribution in [0.1, 0.15) is 30.1 Å². The largest absolute Gasteiger partial charge is 0.481 e. The average Bonchev–Trinajstić information content (AvgIpc) is 2.66. The molecule has 0 bridgehead atoms. The molecular weight excluding hydrogens is 356 g/mol. The van der Waals surface area contributed by atoms with E-state index in [9.17, 15) is 18.6 Å². The van der Waals surface area contributed by atoms with Crippen LogP contribution in [0.3, 0.4) is 0 Å². The van der Waals surface area contributed by atoms with Crippen molar-refractivity contribution in [2.75, 3.05) is 32.4 Å². The fourth-order valence-corrected chi connectivity index (χ4v) is 3.92. The monoisotopic (exact) mass is 380 g/mol. The van der Waals surface area contributed by atoms with Crippen molar-refractivity contribution >= 4 is 28.6 Å². The Balaban J connectivity index is 2.06. The maximum Gasteiger partial charge on any atom is 0.308 e. The number of carboxylic acids is 1. The Bertz CT molecular complexity index is 721. The van der Waals surface area contributed by atoms with Crippen LogP contribution in [0.15, 0.2) is 29.2 Å². The van der Waals surface area contributed by atoms with E-state index in [4.69, 9.17) is 5.11 Å². The van der Waals surface area contributed by atoms with E-state index in [1.54, 1.807) is 31.2 Å². The SMILES string of the molecule is CCS(=O)c1ccccc1C(=O)N(C)CC(=O)N1CCCC(C(=O)O)C1. The second kappa shape index (κ2) is 8.93. The van der Waals surface area contributed by atoms with Gasteiger partial charge in [0.15, 0.2) is 0 Å². The van der Waals surface area contributed by atoms with Gasteiger partial charge < -0.3 is 14.9 Å². The van der Waals surface area contributed by atoms with Gasteiger partial charge >= 0.3 is 5.97 Å². The smallest absolute Gasteiger partial charge is 0.308 e. The lowest BCUT2D eigenvalue weighted by molar-refractivity contribution is -0.145. The van der Waals surface area contributed by atoms with Gasteiger partial charge in [-0.2, -0.15) is 0 Å². The van der Waals surface area contributed by atoms with Gasteiger partial charge in [-0.1, -0.05) is 19.1 Å². The summed E-state index contributed by atoms with van der Waals surface area (Å²) in [5, 5.41) is 9.13. The number of rotatable bonds is 6. The molecule has 1 aromatic rings. The van der Waals surface area contributed by atoms with Crippen LogP contribution in [-0.2, 0) is 20.4 Å². The molecule has 0 saturated carbocycles. The van der Waals surface area contributed by atoms with Crippen LogP contribution in [0.4, 0.5) is 0 Å². The molecule has 1 aliphatic rings. The van der Waals surface area contributed by atoms with Gasteiger partial charge in [0.05, 0.1) is 33.7 Å². The molecule has 26 heavy (non-hydrogen) atoms. The van der Waals surface area contributed by atoms with E-state index in [0.717, 1.165) is 0 Å². The van der Waals surface area contributed by atoms with Crippen molar-refractivity contribution < 1.29 is 23.7 Å². The fraction of sp³-hybridized carbons (Fsp3) is 0.500. The molecule has 2 amide bonds. The number of carboxylic acid groups (broad SMARTS) is 1. The molecule has 1 heterocycles. The Labute approximate surface area is 155 Å². The van der Waals surface area contributed by atoms with Crippen LogP contribution in [-0.4, -0.2) is 69.3 Å². The summed E-state index contributed by atoms with van der Waals surface area (Å²) in [4.78, 5) is 39.6. The molecule has 1 fully saturated rings. The number of benzene rings is 1. The molecule has 7 nitrogen and oxygen atoms in total. The van der Waals surface area contributed by atoms with Gasteiger partial charge in [0, 0.05) is 25.9 Å². The van der Waals surface area contributed by atoms with E-state index < -0.39 is 22.7 Å². The number of nitrogens with zero attached hydrogens (tertiary/aromatic N) is 2. The average molecular weight is 380 g/mol. The zero-order valence-electron chi connectivity index (χ0n) is 15.0. The Kier molecular flexibility index (Phi) is 6.90. The van der Waals surface area contributed by atoms with Crippen LogP contribution < -0.4 is 0 Å². The standard InChI is InChI=1S/C18H24N2O5S/c1-3-26(25)15-9-5-4-8-14(15)17(22)19(2)12-16(21)20-10-6-7-13(11-20)18(23)24/h4-5,8-9,13H,3,6-7,10-12H2,1-2H3,(H,23,24). The molecule has 0 spiro atoms. The molecule has 1 aromatic carbocycles. The first-order chi connectivity index (χ1) is 12.3. The van der Waals surface area contributed by atoms with Gasteiger partial charge in [0.1, 0.15) is 0 Å². The molecule has 2 rings (SSSR count). The van der Waals surface area contributed by atoms with Crippen molar-refractivity contribution in [2.45, 2.75) is 24.7 Å². The van der Waals surface area contributed by atoms with E-state index >= 15 is 0 Å². The summed E-state index contributed by atoms with van der Waals surface area (Å²) in [5.41, 5.74) is 0.324. The van der Waals surface area contributed by atoms with E-state index in [1.165, 1.54) is 16.8 Å². The van der Waals surface area contributed by atoms with Crippen molar-refractivity contribution in [1.82, 2.24) is 9.80 Å². The van der Waals surface area contributed by atoms with E-state index in [0.29, 0.717) is 35.6 Å². The minimum absolute atomic E-state index is 0.141. The summed E-state index contributed by atoms with van der Waals surface area (Å²) in [7, 11) is 0.244. The van der Waals surface area contributed by atoms with Crippen LogP contribution >= 0.6 is 0 Å². The molecule has 0 aromatic heterocycles. The maximum absolute atomic E-state index is 12.7. The van der Waals surface area contributed by atoms with Gasteiger partial charge in [-0.05, 0) is 25.0 Å². The Hall–Kier alpha value is -2.22. The third-order valence-electron chi connectivity index (χ3n) is 4.47. The molecular formula is C18H24N2O5S. The first-order valence-electron chi connectivity index (χ1n) is 8.58. The summed E-state index contributed by atoms with van der Waals surface area (Å²) >= 11 is 0. The van der Waals surface area contributed by atoms with Gasteiger partial charge in [0.25, 0.3) is 5.91 Å². The van der Waals surface area contributed by atoms with Gasteiger partial charge in [-0.3, -0.25) is 18.6 Å². The first kappa shape index (κ1) is 20.1. The Morgan fingerprint density at radius 1 is 1.31 bits per heavy atom. The lowest BCUT2D eigenvalue weighted by atomic mass is 9.98.